The van der Waals surface area contributed by atoms with E-state index in [2.05, 4.69) is 4.98 Å². The molecule has 1 amide bonds. The van der Waals surface area contributed by atoms with Crippen LogP contribution < -0.4 is 5.76 Å². The summed E-state index contributed by atoms with van der Waals surface area (Å²) in [5.74, 6) is -0.859. The van der Waals surface area contributed by atoms with Gasteiger partial charge in [0.1, 0.15) is 6.61 Å². The zero-order valence-corrected chi connectivity index (χ0v) is 9.27. The van der Waals surface area contributed by atoms with Gasteiger partial charge in [-0.2, -0.15) is 0 Å². The number of amides is 1. The minimum absolute atomic E-state index is 0.356. The number of benzene rings is 1. The van der Waals surface area contributed by atoms with E-state index >= 15 is 0 Å². The second kappa shape index (κ2) is 4.42. The van der Waals surface area contributed by atoms with Gasteiger partial charge in [0.2, 0.25) is 5.91 Å². The minimum atomic E-state index is -0.513. The largest absolute Gasteiger partial charge is 0.417 e. The lowest BCUT2D eigenvalue weighted by atomic mass is 10.2. The number of rotatable bonds is 3. The number of carbonyl (C=O) groups excluding carboxylic acids is 1. The Bertz CT molecular complexity index is 599. The number of fused-ring (bicyclic) bond motifs is 1. The lowest BCUT2D eigenvalue weighted by Crippen LogP contribution is -2.28. The number of carbonyl (C=O) groups is 1. The number of aromatic nitrogens is 1. The van der Waals surface area contributed by atoms with Crippen molar-refractivity contribution in [3.05, 3.63) is 34.3 Å². The van der Waals surface area contributed by atoms with Gasteiger partial charge in [-0.1, -0.05) is 6.07 Å². The van der Waals surface area contributed by atoms with Crippen LogP contribution in [0, 0.1) is 0 Å². The predicted octanol–water partition coefficient (Wildman–Crippen LogP) is 0.0718. The Morgan fingerprint density at radius 1 is 1.53 bits per heavy atom. The van der Waals surface area contributed by atoms with Gasteiger partial charge in [0, 0.05) is 13.6 Å². The Labute approximate surface area is 96.5 Å². The smallest absolute Gasteiger partial charge is 0.408 e. The van der Waals surface area contributed by atoms with Crippen molar-refractivity contribution in [3.63, 3.8) is 0 Å². The first-order chi connectivity index (χ1) is 8.10. The number of likely N-dealkylation sites (N-methyl/N-ethyl adjacent to an activating group) is 1. The Morgan fingerprint density at radius 3 is 3.00 bits per heavy atom. The van der Waals surface area contributed by atoms with E-state index in [9.17, 15) is 9.59 Å². The SMILES string of the molecule is CN(Cc1ccc2oc(=O)[nH]c2c1)C(=O)CO. The molecule has 0 unspecified atom stereocenters. The first-order valence-corrected chi connectivity index (χ1v) is 5.06. The Hall–Kier alpha value is -2.08. The fraction of sp³-hybridized carbons (Fsp3) is 0.273. The monoisotopic (exact) mass is 236 g/mol. The van der Waals surface area contributed by atoms with Crippen molar-refractivity contribution < 1.29 is 14.3 Å². The Kier molecular flexibility index (Phi) is 2.97. The molecule has 0 saturated carbocycles. The second-order valence-electron chi connectivity index (χ2n) is 3.75. The van der Waals surface area contributed by atoms with Crippen molar-refractivity contribution in [1.82, 2.24) is 9.88 Å². The summed E-state index contributed by atoms with van der Waals surface area (Å²) in [5, 5.41) is 8.70. The highest BCUT2D eigenvalue weighted by Crippen LogP contribution is 2.13. The van der Waals surface area contributed by atoms with Gasteiger partial charge >= 0.3 is 5.76 Å². The van der Waals surface area contributed by atoms with E-state index in [0.717, 1.165) is 5.56 Å². The van der Waals surface area contributed by atoms with Crippen LogP contribution >= 0.6 is 0 Å². The number of aliphatic hydroxyl groups excluding tert-OH is 1. The molecule has 0 aliphatic carbocycles. The van der Waals surface area contributed by atoms with Crippen LogP contribution in [0.25, 0.3) is 11.1 Å². The fourth-order valence-electron chi connectivity index (χ4n) is 1.58. The van der Waals surface area contributed by atoms with E-state index in [4.69, 9.17) is 9.52 Å². The molecule has 0 aliphatic rings. The highest BCUT2D eigenvalue weighted by atomic mass is 16.4. The molecule has 0 aliphatic heterocycles. The van der Waals surface area contributed by atoms with Gasteiger partial charge in [-0.25, -0.2) is 4.79 Å². The van der Waals surface area contributed by atoms with Crippen LogP contribution in [0.3, 0.4) is 0 Å². The van der Waals surface area contributed by atoms with Crippen molar-refractivity contribution in [2.45, 2.75) is 6.54 Å². The molecule has 6 heteroatoms. The highest BCUT2D eigenvalue weighted by Gasteiger charge is 2.08. The maximum Gasteiger partial charge on any atom is 0.417 e. The molecule has 1 aromatic heterocycles. The summed E-state index contributed by atoms with van der Waals surface area (Å²) >= 11 is 0. The summed E-state index contributed by atoms with van der Waals surface area (Å²) in [6.07, 6.45) is 0. The average Bonchev–Trinajstić information content (AvgIpc) is 2.67. The molecule has 1 aromatic carbocycles. The van der Waals surface area contributed by atoms with Crippen molar-refractivity contribution in [1.29, 1.82) is 0 Å². The van der Waals surface area contributed by atoms with Crippen molar-refractivity contribution in [2.75, 3.05) is 13.7 Å². The predicted molar refractivity (Wildman–Crippen MR) is 60.4 cm³/mol. The molecule has 17 heavy (non-hydrogen) atoms. The molecule has 0 bridgehead atoms. The standard InChI is InChI=1S/C11H12N2O4/c1-13(10(15)6-14)5-7-2-3-9-8(4-7)12-11(16)17-9/h2-4,14H,5-6H2,1H3,(H,12,16). The van der Waals surface area contributed by atoms with Gasteiger partial charge in [0.05, 0.1) is 5.52 Å². The summed E-state index contributed by atoms with van der Waals surface area (Å²) in [7, 11) is 1.60. The van der Waals surface area contributed by atoms with E-state index in [1.807, 2.05) is 0 Å². The van der Waals surface area contributed by atoms with E-state index in [1.165, 1.54) is 4.90 Å². The highest BCUT2D eigenvalue weighted by molar-refractivity contribution is 5.77. The topological polar surface area (TPSA) is 86.5 Å². The van der Waals surface area contributed by atoms with Gasteiger partial charge in [0.25, 0.3) is 0 Å². The van der Waals surface area contributed by atoms with Gasteiger partial charge in [-0.3, -0.25) is 9.78 Å². The number of aromatic amines is 1. The second-order valence-corrected chi connectivity index (χ2v) is 3.75. The Morgan fingerprint density at radius 2 is 2.29 bits per heavy atom. The van der Waals surface area contributed by atoms with E-state index in [-0.39, 0.29) is 5.91 Å². The van der Waals surface area contributed by atoms with Crippen molar-refractivity contribution in [3.8, 4) is 0 Å². The van der Waals surface area contributed by atoms with Gasteiger partial charge in [0.15, 0.2) is 5.58 Å². The van der Waals surface area contributed by atoms with Gasteiger partial charge in [-0.15, -0.1) is 0 Å². The van der Waals surface area contributed by atoms with Crippen molar-refractivity contribution in [2.24, 2.45) is 0 Å². The van der Waals surface area contributed by atoms with Crippen LogP contribution in [0.5, 0.6) is 0 Å². The van der Waals surface area contributed by atoms with Crippen LogP contribution in [-0.2, 0) is 11.3 Å². The number of hydrogen-bond donors (Lipinski definition) is 2. The van der Waals surface area contributed by atoms with E-state index < -0.39 is 12.4 Å². The maximum atomic E-state index is 11.2. The molecule has 0 spiro atoms. The van der Waals surface area contributed by atoms with Crippen LogP contribution in [-0.4, -0.2) is 34.6 Å². The number of nitrogens with zero attached hydrogens (tertiary/aromatic N) is 1. The molecule has 2 N–H and O–H groups in total. The van der Waals surface area contributed by atoms with Crippen molar-refractivity contribution >= 4 is 17.0 Å². The lowest BCUT2D eigenvalue weighted by Gasteiger charge is -2.15. The number of hydrogen-bond acceptors (Lipinski definition) is 4. The van der Waals surface area contributed by atoms with E-state index in [0.29, 0.717) is 17.6 Å². The van der Waals surface area contributed by atoms with Gasteiger partial charge in [-0.05, 0) is 17.7 Å². The van der Waals surface area contributed by atoms with Crippen LogP contribution in [0.1, 0.15) is 5.56 Å². The zero-order chi connectivity index (χ0) is 12.4. The summed E-state index contributed by atoms with van der Waals surface area (Å²) in [4.78, 5) is 26.1. The number of nitrogens with one attached hydrogen (secondary N) is 1. The van der Waals surface area contributed by atoms with Crippen LogP contribution in [0.2, 0.25) is 0 Å². The first-order valence-electron chi connectivity index (χ1n) is 5.06. The molecule has 6 nitrogen and oxygen atoms in total. The fourth-order valence-corrected chi connectivity index (χ4v) is 1.58. The van der Waals surface area contributed by atoms with E-state index in [1.54, 1.807) is 25.2 Å². The first kappa shape index (κ1) is 11.4. The normalized spacial score (nSPS) is 10.7. The minimum Gasteiger partial charge on any atom is -0.408 e. The van der Waals surface area contributed by atoms with Crippen LogP contribution in [0.4, 0.5) is 0 Å². The average molecular weight is 236 g/mol. The number of aliphatic hydroxyl groups is 1. The summed E-state index contributed by atoms with van der Waals surface area (Å²) in [6.45, 7) is -0.149. The molecule has 2 aromatic rings. The third-order valence-corrected chi connectivity index (χ3v) is 2.46. The molecular weight excluding hydrogens is 224 g/mol. The third kappa shape index (κ3) is 2.36. The molecule has 0 atom stereocenters. The van der Waals surface area contributed by atoms with Crippen LogP contribution in [0.15, 0.2) is 27.4 Å². The maximum absolute atomic E-state index is 11.2. The lowest BCUT2D eigenvalue weighted by molar-refractivity contribution is -0.133. The summed E-state index contributed by atoms with van der Waals surface area (Å²) < 4.78 is 4.86. The third-order valence-electron chi connectivity index (χ3n) is 2.46. The molecule has 90 valence electrons. The summed E-state index contributed by atoms with van der Waals surface area (Å²) in [6, 6.07) is 5.17. The molecule has 0 fully saturated rings. The number of oxazole rings is 1. The molecule has 0 saturated heterocycles. The quantitative estimate of drug-likeness (QED) is 0.789. The molecular formula is C11H12N2O4. The zero-order valence-electron chi connectivity index (χ0n) is 9.27. The summed E-state index contributed by atoms with van der Waals surface area (Å²) in [5.41, 5.74) is 1.92. The molecule has 2 rings (SSSR count). The molecule has 1 heterocycles. The Balaban J connectivity index is 2.24. The molecule has 0 radical (unpaired) electrons. The van der Waals surface area contributed by atoms with Gasteiger partial charge < -0.3 is 14.4 Å². The number of H-pyrrole nitrogens is 1.